The molecule has 106 valence electrons. The number of nitrogens with zero attached hydrogens (tertiary/aromatic N) is 2. The topological polar surface area (TPSA) is 46.4 Å². The van der Waals surface area contributed by atoms with Gasteiger partial charge in [0.25, 0.3) is 0 Å². The Hall–Kier alpha value is -1.33. The largest absolute Gasteiger partial charge is 0.350 e. The predicted molar refractivity (Wildman–Crippen MR) is 82.1 cm³/mol. The summed E-state index contributed by atoms with van der Waals surface area (Å²) in [5, 5.41) is 5.40. The van der Waals surface area contributed by atoms with E-state index in [-0.39, 0.29) is 5.91 Å². The lowest BCUT2D eigenvalue weighted by molar-refractivity contribution is -0.117. The van der Waals surface area contributed by atoms with E-state index < -0.39 is 0 Å². The lowest BCUT2D eigenvalue weighted by atomic mass is 10.1. The molecule has 2 atom stereocenters. The summed E-state index contributed by atoms with van der Waals surface area (Å²) in [5.74, 6) is 0.643. The summed E-state index contributed by atoms with van der Waals surface area (Å²) in [7, 11) is 0. The molecule has 1 fully saturated rings. The van der Waals surface area contributed by atoms with Crippen LogP contribution in [0.1, 0.15) is 31.9 Å². The van der Waals surface area contributed by atoms with Crippen molar-refractivity contribution in [2.75, 3.05) is 0 Å². The SMILES string of the molecule is CC1CCC(NC(=O)/C=C/c2c(Cl)nc3sccn23)C1. The van der Waals surface area contributed by atoms with Gasteiger partial charge in [-0.3, -0.25) is 9.20 Å². The van der Waals surface area contributed by atoms with Crippen LogP contribution in [0.4, 0.5) is 0 Å². The molecule has 1 aliphatic carbocycles. The Morgan fingerprint density at radius 2 is 2.45 bits per heavy atom. The minimum atomic E-state index is -0.0645. The van der Waals surface area contributed by atoms with Crippen molar-refractivity contribution in [2.45, 2.75) is 32.2 Å². The third-order valence-corrected chi connectivity index (χ3v) is 4.72. The summed E-state index contributed by atoms with van der Waals surface area (Å²) in [6.07, 6.45) is 8.50. The van der Waals surface area contributed by atoms with Crippen molar-refractivity contribution in [3.05, 3.63) is 28.5 Å². The number of fused-ring (bicyclic) bond motifs is 1. The number of rotatable bonds is 3. The Bertz CT molecular complexity index is 660. The molecule has 1 amide bonds. The number of amides is 1. The summed E-state index contributed by atoms with van der Waals surface area (Å²) in [4.78, 5) is 17.0. The number of nitrogens with one attached hydrogen (secondary N) is 1. The van der Waals surface area contributed by atoms with Crippen LogP contribution < -0.4 is 5.32 Å². The van der Waals surface area contributed by atoms with E-state index in [0.29, 0.717) is 17.1 Å². The second-order valence-electron chi connectivity index (χ2n) is 5.30. The lowest BCUT2D eigenvalue weighted by Crippen LogP contribution is -2.31. The summed E-state index contributed by atoms with van der Waals surface area (Å²) >= 11 is 7.59. The molecule has 0 bridgehead atoms. The molecule has 1 saturated carbocycles. The molecule has 0 radical (unpaired) electrons. The number of carbonyl (C=O) groups is 1. The summed E-state index contributed by atoms with van der Waals surface area (Å²) in [6.45, 7) is 2.22. The molecule has 6 heteroatoms. The Labute approximate surface area is 126 Å². The van der Waals surface area contributed by atoms with Crippen molar-refractivity contribution in [3.8, 4) is 0 Å². The molecular weight excluding hydrogens is 294 g/mol. The van der Waals surface area contributed by atoms with E-state index in [4.69, 9.17) is 11.6 Å². The van der Waals surface area contributed by atoms with E-state index in [1.165, 1.54) is 23.8 Å². The van der Waals surface area contributed by atoms with E-state index in [2.05, 4.69) is 17.2 Å². The highest BCUT2D eigenvalue weighted by molar-refractivity contribution is 7.15. The number of imidazole rings is 1. The van der Waals surface area contributed by atoms with Gasteiger partial charge in [-0.25, -0.2) is 4.98 Å². The summed E-state index contributed by atoms with van der Waals surface area (Å²) in [5.41, 5.74) is 0.748. The first-order valence-electron chi connectivity index (χ1n) is 6.73. The standard InChI is InChI=1S/C14H16ClN3OS/c1-9-2-3-10(8-9)16-12(19)5-4-11-13(15)17-14-18(11)6-7-20-14/h4-7,9-10H,2-3,8H2,1H3,(H,16,19)/b5-4+. The first-order valence-corrected chi connectivity index (χ1v) is 7.99. The first kappa shape index (κ1) is 13.6. The van der Waals surface area contributed by atoms with E-state index in [9.17, 15) is 4.79 Å². The zero-order valence-corrected chi connectivity index (χ0v) is 12.7. The quantitative estimate of drug-likeness (QED) is 0.884. The zero-order chi connectivity index (χ0) is 14.1. The Balaban J connectivity index is 1.69. The number of halogens is 1. The van der Waals surface area contributed by atoms with Gasteiger partial charge in [0.2, 0.25) is 5.91 Å². The number of hydrogen-bond acceptors (Lipinski definition) is 3. The third kappa shape index (κ3) is 2.74. The second-order valence-corrected chi connectivity index (χ2v) is 6.53. The van der Waals surface area contributed by atoms with Crippen LogP contribution >= 0.6 is 22.9 Å². The maximum atomic E-state index is 11.9. The van der Waals surface area contributed by atoms with Crippen LogP contribution in [-0.2, 0) is 4.79 Å². The van der Waals surface area contributed by atoms with Gasteiger partial charge < -0.3 is 5.32 Å². The van der Waals surface area contributed by atoms with Gasteiger partial charge in [-0.15, -0.1) is 11.3 Å². The lowest BCUT2D eigenvalue weighted by Gasteiger charge is -2.09. The Kier molecular flexibility index (Phi) is 3.81. The van der Waals surface area contributed by atoms with Gasteiger partial charge in [-0.2, -0.15) is 0 Å². The number of thiazole rings is 1. The Morgan fingerprint density at radius 1 is 1.60 bits per heavy atom. The van der Waals surface area contributed by atoms with Gasteiger partial charge in [0.1, 0.15) is 0 Å². The van der Waals surface area contributed by atoms with Gasteiger partial charge in [0.15, 0.2) is 10.1 Å². The molecular formula is C14H16ClN3OS. The van der Waals surface area contributed by atoms with Crippen molar-refractivity contribution in [1.82, 2.24) is 14.7 Å². The average Bonchev–Trinajstić information content (AvgIpc) is 3.05. The Morgan fingerprint density at radius 3 is 3.20 bits per heavy atom. The van der Waals surface area contributed by atoms with Crippen molar-refractivity contribution in [2.24, 2.45) is 5.92 Å². The summed E-state index contributed by atoms with van der Waals surface area (Å²) in [6, 6.07) is 0.309. The fourth-order valence-corrected chi connectivity index (χ4v) is 3.67. The smallest absolute Gasteiger partial charge is 0.244 e. The van der Waals surface area contributed by atoms with Crippen molar-refractivity contribution >= 4 is 39.9 Å². The van der Waals surface area contributed by atoms with Crippen LogP contribution in [-0.4, -0.2) is 21.3 Å². The molecule has 2 unspecified atom stereocenters. The van der Waals surface area contributed by atoms with Crippen LogP contribution in [0.25, 0.3) is 11.0 Å². The fourth-order valence-electron chi connectivity index (χ4n) is 2.67. The average molecular weight is 310 g/mol. The predicted octanol–water partition coefficient (Wildman–Crippen LogP) is 3.37. The van der Waals surface area contributed by atoms with Gasteiger partial charge in [-0.1, -0.05) is 18.5 Å². The molecule has 0 saturated heterocycles. The van der Waals surface area contributed by atoms with Crippen LogP contribution in [0.2, 0.25) is 5.15 Å². The van der Waals surface area contributed by atoms with Gasteiger partial charge in [-0.05, 0) is 31.3 Å². The number of hydrogen-bond donors (Lipinski definition) is 1. The number of aromatic nitrogens is 2. The molecule has 2 heterocycles. The maximum absolute atomic E-state index is 11.9. The van der Waals surface area contributed by atoms with Crippen molar-refractivity contribution in [3.63, 3.8) is 0 Å². The maximum Gasteiger partial charge on any atom is 0.244 e. The molecule has 4 nitrogen and oxygen atoms in total. The number of carbonyl (C=O) groups excluding carboxylic acids is 1. The van der Waals surface area contributed by atoms with E-state index in [0.717, 1.165) is 23.5 Å². The molecule has 0 aromatic carbocycles. The van der Waals surface area contributed by atoms with E-state index >= 15 is 0 Å². The van der Waals surface area contributed by atoms with Crippen LogP contribution in [0.5, 0.6) is 0 Å². The molecule has 1 aliphatic rings. The normalized spacial score (nSPS) is 22.9. The molecule has 2 aromatic heterocycles. The van der Waals surface area contributed by atoms with Crippen molar-refractivity contribution < 1.29 is 4.79 Å². The highest BCUT2D eigenvalue weighted by atomic mass is 35.5. The molecule has 1 N–H and O–H groups in total. The highest BCUT2D eigenvalue weighted by Gasteiger charge is 2.21. The summed E-state index contributed by atoms with van der Waals surface area (Å²) < 4.78 is 1.88. The molecule has 0 spiro atoms. The second kappa shape index (κ2) is 5.58. The van der Waals surface area contributed by atoms with Crippen LogP contribution in [0.3, 0.4) is 0 Å². The minimum Gasteiger partial charge on any atom is -0.350 e. The van der Waals surface area contributed by atoms with E-state index in [1.807, 2.05) is 16.0 Å². The molecule has 2 aromatic rings. The first-order chi connectivity index (χ1) is 9.63. The van der Waals surface area contributed by atoms with Gasteiger partial charge >= 0.3 is 0 Å². The van der Waals surface area contributed by atoms with Crippen LogP contribution in [0.15, 0.2) is 17.7 Å². The molecule has 3 rings (SSSR count). The highest BCUT2D eigenvalue weighted by Crippen LogP contribution is 2.25. The minimum absolute atomic E-state index is 0.0645. The molecule has 20 heavy (non-hydrogen) atoms. The van der Waals surface area contributed by atoms with Gasteiger partial charge in [0.05, 0.1) is 5.69 Å². The monoisotopic (exact) mass is 309 g/mol. The van der Waals surface area contributed by atoms with Gasteiger partial charge in [0, 0.05) is 23.7 Å². The van der Waals surface area contributed by atoms with Crippen LogP contribution in [0, 0.1) is 5.92 Å². The third-order valence-electron chi connectivity index (χ3n) is 3.69. The molecule has 0 aliphatic heterocycles. The fraction of sp³-hybridized carbons (Fsp3) is 0.429. The van der Waals surface area contributed by atoms with Crippen molar-refractivity contribution in [1.29, 1.82) is 0 Å². The zero-order valence-electron chi connectivity index (χ0n) is 11.2. The van der Waals surface area contributed by atoms with E-state index in [1.54, 1.807) is 6.08 Å².